The highest BCUT2D eigenvalue weighted by atomic mass is 16.4. The Bertz CT molecular complexity index is 254. The second-order valence-electron chi connectivity index (χ2n) is 5.21. The normalized spacial score (nSPS) is 12.1. The highest BCUT2D eigenvalue weighted by Crippen LogP contribution is 2.10. The van der Waals surface area contributed by atoms with Crippen LogP contribution in [0.1, 0.15) is 78.1 Å². The van der Waals surface area contributed by atoms with Crippen LogP contribution >= 0.6 is 0 Å². The Balaban J connectivity index is 3.30. The molecule has 0 aromatic carbocycles. The topological polar surface area (TPSA) is 66.4 Å². The molecule has 4 nitrogen and oxygen atoms in total. The van der Waals surface area contributed by atoms with Gasteiger partial charge in [-0.15, -0.1) is 0 Å². The quantitative estimate of drug-likeness (QED) is 0.534. The summed E-state index contributed by atoms with van der Waals surface area (Å²) in [6.45, 7) is 3.70. The molecule has 0 rings (SSSR count). The first-order chi connectivity index (χ1) is 9.07. The van der Waals surface area contributed by atoms with Crippen LogP contribution < -0.4 is 5.32 Å². The van der Waals surface area contributed by atoms with Gasteiger partial charge < -0.3 is 10.4 Å². The lowest BCUT2D eigenvalue weighted by molar-refractivity contribution is -0.141. The van der Waals surface area contributed by atoms with Crippen LogP contribution in [-0.4, -0.2) is 23.0 Å². The molecule has 0 saturated carbocycles. The van der Waals surface area contributed by atoms with E-state index < -0.39 is 12.0 Å². The van der Waals surface area contributed by atoms with Gasteiger partial charge in [-0.3, -0.25) is 9.59 Å². The molecule has 0 saturated heterocycles. The summed E-state index contributed by atoms with van der Waals surface area (Å²) in [6, 6.07) is -0.786. The van der Waals surface area contributed by atoms with E-state index in [4.69, 9.17) is 5.11 Å². The summed E-state index contributed by atoms with van der Waals surface area (Å²) in [5, 5.41) is 11.1. The molecule has 0 bridgehead atoms. The Morgan fingerprint density at radius 3 is 1.89 bits per heavy atom. The van der Waals surface area contributed by atoms with E-state index in [0.29, 0.717) is 6.42 Å². The molecule has 2 N–H and O–H groups in total. The van der Waals surface area contributed by atoms with Crippen LogP contribution in [0.25, 0.3) is 0 Å². The third kappa shape index (κ3) is 11.7. The van der Waals surface area contributed by atoms with Crippen molar-refractivity contribution in [2.24, 2.45) is 0 Å². The average molecular weight is 271 g/mol. The summed E-state index contributed by atoms with van der Waals surface area (Å²) in [4.78, 5) is 21.9. The summed E-state index contributed by atoms with van der Waals surface area (Å²) in [7, 11) is 0. The fourth-order valence-corrected chi connectivity index (χ4v) is 1.97. The molecule has 1 amide bonds. The van der Waals surface area contributed by atoms with Crippen molar-refractivity contribution >= 4 is 11.9 Å². The van der Waals surface area contributed by atoms with Crippen LogP contribution in [0, 0.1) is 0 Å². The molecule has 0 radical (unpaired) electrons. The van der Waals surface area contributed by atoms with Crippen LogP contribution in [0.2, 0.25) is 0 Å². The number of carboxylic acid groups (broad SMARTS) is 1. The number of carbonyl (C=O) groups is 2. The van der Waals surface area contributed by atoms with E-state index in [1.165, 1.54) is 51.9 Å². The van der Waals surface area contributed by atoms with E-state index >= 15 is 0 Å². The third-order valence-corrected chi connectivity index (χ3v) is 3.26. The number of carboxylic acids is 1. The summed E-state index contributed by atoms with van der Waals surface area (Å²) in [5.74, 6) is -1.14. The van der Waals surface area contributed by atoms with Gasteiger partial charge >= 0.3 is 5.97 Å². The standard InChI is InChI=1S/C15H29NO3/c1-3-4-5-6-7-8-9-10-11-12-14(17)16-13(2)15(18)19/h13H,3-12H2,1-2H3,(H,16,17)(H,18,19)/t13-/m0/s1. The molecular weight excluding hydrogens is 242 g/mol. The van der Waals surface area contributed by atoms with Gasteiger partial charge in [0.05, 0.1) is 0 Å². The molecule has 4 heteroatoms. The van der Waals surface area contributed by atoms with Crippen LogP contribution in [0.4, 0.5) is 0 Å². The van der Waals surface area contributed by atoms with Crippen LogP contribution in [0.15, 0.2) is 0 Å². The van der Waals surface area contributed by atoms with E-state index in [2.05, 4.69) is 12.2 Å². The first-order valence-corrected chi connectivity index (χ1v) is 7.60. The molecule has 0 aliphatic rings. The predicted molar refractivity (Wildman–Crippen MR) is 77.1 cm³/mol. The minimum Gasteiger partial charge on any atom is -0.480 e. The highest BCUT2D eigenvalue weighted by molar-refractivity contribution is 5.83. The Morgan fingerprint density at radius 2 is 1.42 bits per heavy atom. The van der Waals surface area contributed by atoms with Gasteiger partial charge in [-0.05, 0) is 13.3 Å². The Kier molecular flexibility index (Phi) is 11.3. The van der Waals surface area contributed by atoms with Crippen molar-refractivity contribution in [3.63, 3.8) is 0 Å². The van der Waals surface area contributed by atoms with E-state index in [9.17, 15) is 9.59 Å². The predicted octanol–water partition coefficient (Wildman–Crippen LogP) is 3.50. The molecule has 0 fully saturated rings. The largest absolute Gasteiger partial charge is 0.480 e. The van der Waals surface area contributed by atoms with E-state index in [-0.39, 0.29) is 5.91 Å². The first kappa shape index (κ1) is 17.9. The summed E-state index contributed by atoms with van der Waals surface area (Å²) < 4.78 is 0. The molecule has 0 aromatic heterocycles. The lowest BCUT2D eigenvalue weighted by atomic mass is 10.1. The zero-order valence-electron chi connectivity index (χ0n) is 12.4. The number of nitrogens with one attached hydrogen (secondary N) is 1. The number of rotatable bonds is 12. The van der Waals surface area contributed by atoms with E-state index in [0.717, 1.165) is 12.8 Å². The molecular formula is C15H29NO3. The van der Waals surface area contributed by atoms with Crippen LogP contribution in [0.5, 0.6) is 0 Å². The fourth-order valence-electron chi connectivity index (χ4n) is 1.97. The van der Waals surface area contributed by atoms with Gasteiger partial charge in [0.1, 0.15) is 6.04 Å². The number of carbonyl (C=O) groups excluding carboxylic acids is 1. The number of amides is 1. The zero-order valence-corrected chi connectivity index (χ0v) is 12.4. The Labute approximate surface area is 117 Å². The summed E-state index contributed by atoms with van der Waals surface area (Å²) in [6.07, 6.45) is 11.3. The van der Waals surface area contributed by atoms with Crippen molar-refractivity contribution in [2.75, 3.05) is 0 Å². The smallest absolute Gasteiger partial charge is 0.325 e. The van der Waals surface area contributed by atoms with E-state index in [1.54, 1.807) is 0 Å². The maximum absolute atomic E-state index is 11.4. The number of aliphatic carboxylic acids is 1. The first-order valence-electron chi connectivity index (χ1n) is 7.60. The molecule has 0 aliphatic heterocycles. The molecule has 1 atom stereocenters. The van der Waals surface area contributed by atoms with Crippen molar-refractivity contribution in [3.05, 3.63) is 0 Å². The maximum Gasteiger partial charge on any atom is 0.325 e. The third-order valence-electron chi connectivity index (χ3n) is 3.26. The van der Waals surface area contributed by atoms with E-state index in [1.807, 2.05) is 0 Å². The molecule has 19 heavy (non-hydrogen) atoms. The maximum atomic E-state index is 11.4. The molecule has 0 heterocycles. The highest BCUT2D eigenvalue weighted by Gasteiger charge is 2.12. The number of unbranched alkanes of at least 4 members (excludes halogenated alkanes) is 8. The van der Waals surface area contributed by atoms with Crippen molar-refractivity contribution in [1.82, 2.24) is 5.32 Å². The Morgan fingerprint density at radius 1 is 0.947 bits per heavy atom. The van der Waals surface area contributed by atoms with Crippen molar-refractivity contribution in [2.45, 2.75) is 84.1 Å². The van der Waals surface area contributed by atoms with Gasteiger partial charge in [-0.25, -0.2) is 0 Å². The van der Waals surface area contributed by atoms with Crippen LogP contribution in [-0.2, 0) is 9.59 Å². The second kappa shape index (κ2) is 12.0. The van der Waals surface area contributed by atoms with Crippen molar-refractivity contribution in [3.8, 4) is 0 Å². The monoisotopic (exact) mass is 271 g/mol. The number of hydrogen-bond donors (Lipinski definition) is 2. The van der Waals surface area contributed by atoms with Gasteiger partial charge in [-0.1, -0.05) is 58.3 Å². The summed E-state index contributed by atoms with van der Waals surface area (Å²) in [5.41, 5.74) is 0. The fraction of sp³-hybridized carbons (Fsp3) is 0.867. The minimum absolute atomic E-state index is 0.155. The average Bonchev–Trinajstić information content (AvgIpc) is 2.36. The lowest BCUT2D eigenvalue weighted by Gasteiger charge is -2.08. The van der Waals surface area contributed by atoms with Crippen molar-refractivity contribution in [1.29, 1.82) is 0 Å². The number of hydrogen-bond acceptors (Lipinski definition) is 2. The van der Waals surface area contributed by atoms with Gasteiger partial charge in [0, 0.05) is 6.42 Å². The van der Waals surface area contributed by atoms with Gasteiger partial charge in [0.15, 0.2) is 0 Å². The van der Waals surface area contributed by atoms with Crippen LogP contribution in [0.3, 0.4) is 0 Å². The van der Waals surface area contributed by atoms with Gasteiger partial charge in [0.25, 0.3) is 0 Å². The Hall–Kier alpha value is -1.06. The van der Waals surface area contributed by atoms with Crippen molar-refractivity contribution < 1.29 is 14.7 Å². The van der Waals surface area contributed by atoms with Gasteiger partial charge in [-0.2, -0.15) is 0 Å². The minimum atomic E-state index is -0.986. The van der Waals surface area contributed by atoms with Gasteiger partial charge in [0.2, 0.25) is 5.91 Å². The molecule has 0 unspecified atom stereocenters. The zero-order chi connectivity index (χ0) is 14.5. The molecule has 112 valence electrons. The molecule has 0 aromatic rings. The SMILES string of the molecule is CCCCCCCCCCCC(=O)N[C@@H](C)C(=O)O. The second-order valence-corrected chi connectivity index (χ2v) is 5.21. The lowest BCUT2D eigenvalue weighted by Crippen LogP contribution is -2.38. The molecule has 0 spiro atoms. The molecule has 0 aliphatic carbocycles. The summed E-state index contributed by atoms with van der Waals surface area (Å²) >= 11 is 0.